The van der Waals surface area contributed by atoms with Gasteiger partial charge in [-0.05, 0) is 47.1 Å². The van der Waals surface area contributed by atoms with Crippen LogP contribution in [0, 0.1) is 5.41 Å². The summed E-state index contributed by atoms with van der Waals surface area (Å²) in [6, 6.07) is 8.98. The van der Waals surface area contributed by atoms with Crippen LogP contribution in [0.4, 0.5) is 0 Å². The summed E-state index contributed by atoms with van der Waals surface area (Å²) in [6.07, 6.45) is 7.74. The number of hydrogen-bond acceptors (Lipinski definition) is 2. The van der Waals surface area contributed by atoms with Crippen molar-refractivity contribution in [2.75, 3.05) is 0 Å². The molecule has 1 fully saturated rings. The van der Waals surface area contributed by atoms with Crippen molar-refractivity contribution in [3.05, 3.63) is 35.2 Å². The van der Waals surface area contributed by atoms with Crippen LogP contribution in [0.3, 0.4) is 0 Å². The van der Waals surface area contributed by atoms with Crippen molar-refractivity contribution in [1.82, 2.24) is 0 Å². The first-order chi connectivity index (χ1) is 9.19. The number of hydrogen-bond donors (Lipinski definition) is 1. The second kappa shape index (κ2) is 5.26. The fourth-order valence-electron chi connectivity index (χ4n) is 3.40. The van der Waals surface area contributed by atoms with Crippen molar-refractivity contribution in [2.45, 2.75) is 51.5 Å². The molecule has 0 amide bonds. The Labute approximate surface area is 119 Å². The topological polar surface area (TPSA) is 26.0 Å². The molecule has 1 unspecified atom stereocenters. The number of thiophene rings is 1. The molecule has 19 heavy (non-hydrogen) atoms. The summed E-state index contributed by atoms with van der Waals surface area (Å²) in [5, 5.41) is 3.71. The Kier molecular flexibility index (Phi) is 3.64. The lowest BCUT2D eigenvalue weighted by Gasteiger charge is -2.39. The van der Waals surface area contributed by atoms with E-state index in [-0.39, 0.29) is 0 Å². The molecule has 2 heteroatoms. The van der Waals surface area contributed by atoms with Crippen molar-refractivity contribution in [1.29, 1.82) is 0 Å². The molecule has 102 valence electrons. The summed E-state index contributed by atoms with van der Waals surface area (Å²) in [6.45, 7) is 2.39. The van der Waals surface area contributed by atoms with E-state index in [0.717, 1.165) is 6.42 Å². The zero-order valence-corrected chi connectivity index (χ0v) is 12.5. The predicted octanol–water partition coefficient (Wildman–Crippen LogP) is 4.74. The van der Waals surface area contributed by atoms with Gasteiger partial charge in [0, 0.05) is 10.7 Å². The quantitative estimate of drug-likeness (QED) is 0.858. The number of benzene rings is 1. The molecule has 1 aromatic heterocycles. The van der Waals surface area contributed by atoms with Crippen LogP contribution in [0.1, 0.15) is 44.6 Å². The average molecular weight is 273 g/mol. The first-order valence-corrected chi connectivity index (χ1v) is 8.28. The molecule has 2 aromatic rings. The Bertz CT molecular complexity index is 551. The molecule has 0 aliphatic heterocycles. The van der Waals surface area contributed by atoms with Crippen LogP contribution in [0.5, 0.6) is 0 Å². The van der Waals surface area contributed by atoms with Gasteiger partial charge >= 0.3 is 0 Å². The minimum atomic E-state index is 0.297. The third-order valence-corrected chi connectivity index (χ3v) is 5.90. The van der Waals surface area contributed by atoms with E-state index in [9.17, 15) is 0 Å². The van der Waals surface area contributed by atoms with E-state index in [1.54, 1.807) is 0 Å². The Balaban J connectivity index is 1.80. The smallest absolute Gasteiger partial charge is 0.0345 e. The summed E-state index contributed by atoms with van der Waals surface area (Å²) in [7, 11) is 0. The molecule has 1 atom stereocenters. The Hall–Kier alpha value is -0.860. The van der Waals surface area contributed by atoms with E-state index in [1.807, 2.05) is 11.3 Å². The van der Waals surface area contributed by atoms with Gasteiger partial charge in [0.1, 0.15) is 0 Å². The van der Waals surface area contributed by atoms with Gasteiger partial charge in [0.2, 0.25) is 0 Å². The van der Waals surface area contributed by atoms with Gasteiger partial charge in [-0.2, -0.15) is 0 Å². The van der Waals surface area contributed by atoms with Gasteiger partial charge in [-0.25, -0.2) is 0 Å². The minimum Gasteiger partial charge on any atom is -0.327 e. The molecule has 1 aromatic carbocycles. The molecule has 1 aliphatic rings. The molecule has 1 heterocycles. The third kappa shape index (κ3) is 2.56. The number of nitrogens with two attached hydrogens (primary N) is 1. The van der Waals surface area contributed by atoms with Crippen LogP contribution in [0.25, 0.3) is 10.1 Å². The van der Waals surface area contributed by atoms with E-state index in [4.69, 9.17) is 5.73 Å². The molecule has 2 N–H and O–H groups in total. The molecule has 1 saturated carbocycles. The molecule has 0 radical (unpaired) electrons. The van der Waals surface area contributed by atoms with Crippen molar-refractivity contribution >= 4 is 21.4 Å². The monoisotopic (exact) mass is 273 g/mol. The van der Waals surface area contributed by atoms with Gasteiger partial charge in [0.25, 0.3) is 0 Å². The molecule has 0 spiro atoms. The maximum absolute atomic E-state index is 6.57. The second-order valence-electron chi connectivity index (χ2n) is 6.28. The minimum absolute atomic E-state index is 0.297. The molecular weight excluding hydrogens is 250 g/mol. The summed E-state index contributed by atoms with van der Waals surface area (Å²) in [5.41, 5.74) is 8.36. The average Bonchev–Trinajstić information content (AvgIpc) is 2.83. The summed E-state index contributed by atoms with van der Waals surface area (Å²) in [4.78, 5) is 0. The van der Waals surface area contributed by atoms with E-state index in [2.05, 4.69) is 36.6 Å². The van der Waals surface area contributed by atoms with Gasteiger partial charge in [0.05, 0.1) is 0 Å². The molecule has 3 rings (SSSR count). The Morgan fingerprint density at radius 1 is 1.21 bits per heavy atom. The van der Waals surface area contributed by atoms with E-state index >= 15 is 0 Å². The normalized spacial score (nSPS) is 20.5. The summed E-state index contributed by atoms with van der Waals surface area (Å²) in [5.74, 6) is 0. The lowest BCUT2D eigenvalue weighted by molar-refractivity contribution is 0.169. The van der Waals surface area contributed by atoms with Crippen molar-refractivity contribution in [3.63, 3.8) is 0 Å². The van der Waals surface area contributed by atoms with Crippen LogP contribution in [0.15, 0.2) is 29.6 Å². The highest BCUT2D eigenvalue weighted by Crippen LogP contribution is 2.39. The lowest BCUT2D eigenvalue weighted by Crippen LogP contribution is -2.42. The highest BCUT2D eigenvalue weighted by Gasteiger charge is 2.33. The molecular formula is C17H23NS. The van der Waals surface area contributed by atoms with Crippen molar-refractivity contribution < 1.29 is 0 Å². The second-order valence-corrected chi connectivity index (χ2v) is 7.19. The van der Waals surface area contributed by atoms with Crippen LogP contribution in [-0.2, 0) is 6.42 Å². The van der Waals surface area contributed by atoms with Gasteiger partial charge < -0.3 is 5.73 Å². The zero-order valence-electron chi connectivity index (χ0n) is 11.7. The van der Waals surface area contributed by atoms with Crippen LogP contribution in [0.2, 0.25) is 0 Å². The van der Waals surface area contributed by atoms with Gasteiger partial charge in [-0.1, -0.05) is 44.4 Å². The number of rotatable bonds is 3. The summed E-state index contributed by atoms with van der Waals surface area (Å²) < 4.78 is 1.39. The molecule has 0 saturated heterocycles. The maximum atomic E-state index is 6.57. The van der Waals surface area contributed by atoms with Gasteiger partial charge in [-0.3, -0.25) is 0 Å². The third-order valence-electron chi connectivity index (χ3n) is 4.89. The van der Waals surface area contributed by atoms with Crippen LogP contribution < -0.4 is 5.73 Å². The van der Waals surface area contributed by atoms with Crippen LogP contribution in [-0.4, -0.2) is 6.04 Å². The fourth-order valence-corrected chi connectivity index (χ4v) is 4.38. The van der Waals surface area contributed by atoms with Gasteiger partial charge in [0.15, 0.2) is 0 Å². The van der Waals surface area contributed by atoms with Crippen molar-refractivity contribution in [2.24, 2.45) is 11.1 Å². The standard InChI is InChI=1S/C17H23NS/c1-17(9-5-2-6-10-17)16(18)11-13-12-19-15-8-4-3-7-14(13)15/h3-4,7-8,12,16H,2,5-6,9-11,18H2,1H3. The molecule has 0 bridgehead atoms. The maximum Gasteiger partial charge on any atom is 0.0345 e. The van der Waals surface area contributed by atoms with Crippen molar-refractivity contribution in [3.8, 4) is 0 Å². The molecule has 1 nitrogen and oxygen atoms in total. The summed E-state index contributed by atoms with van der Waals surface area (Å²) >= 11 is 1.85. The van der Waals surface area contributed by atoms with E-state index < -0.39 is 0 Å². The van der Waals surface area contributed by atoms with E-state index in [1.165, 1.54) is 47.8 Å². The van der Waals surface area contributed by atoms with Gasteiger partial charge in [-0.15, -0.1) is 11.3 Å². The fraction of sp³-hybridized carbons (Fsp3) is 0.529. The lowest BCUT2D eigenvalue weighted by atomic mass is 9.69. The zero-order chi connectivity index (χ0) is 13.3. The Morgan fingerprint density at radius 3 is 2.74 bits per heavy atom. The SMILES string of the molecule is CC1(C(N)Cc2csc3ccccc23)CCCCC1. The highest BCUT2D eigenvalue weighted by molar-refractivity contribution is 7.17. The largest absolute Gasteiger partial charge is 0.327 e. The Morgan fingerprint density at radius 2 is 1.95 bits per heavy atom. The molecule has 1 aliphatic carbocycles. The van der Waals surface area contributed by atoms with E-state index in [0.29, 0.717) is 11.5 Å². The highest BCUT2D eigenvalue weighted by atomic mass is 32.1. The first kappa shape index (κ1) is 13.1. The first-order valence-electron chi connectivity index (χ1n) is 7.40. The predicted molar refractivity (Wildman–Crippen MR) is 84.7 cm³/mol. The van der Waals surface area contributed by atoms with Crippen LogP contribution >= 0.6 is 11.3 Å². The number of fused-ring (bicyclic) bond motifs is 1.